The molecule has 8 heteroatoms. The van der Waals surface area contributed by atoms with Gasteiger partial charge in [-0.15, -0.1) is 0 Å². The maximum atomic E-state index is 12.0. The van der Waals surface area contributed by atoms with Gasteiger partial charge < -0.3 is 25.2 Å². The van der Waals surface area contributed by atoms with Gasteiger partial charge in [0.05, 0.1) is 12.2 Å². The van der Waals surface area contributed by atoms with E-state index in [1.54, 1.807) is 6.08 Å². The van der Waals surface area contributed by atoms with Crippen molar-refractivity contribution in [1.82, 2.24) is 10.6 Å². The smallest absolute Gasteiger partial charge is 0.407 e. The molecule has 2 aliphatic rings. The fourth-order valence-corrected chi connectivity index (χ4v) is 4.21. The maximum Gasteiger partial charge on any atom is 0.407 e. The highest BCUT2D eigenvalue weighted by molar-refractivity contribution is 5.80. The number of unbranched alkanes of at least 4 members (excludes halogenated alkanes) is 3. The molecule has 0 aromatic rings. The van der Waals surface area contributed by atoms with Crippen molar-refractivity contribution in [3.63, 3.8) is 0 Å². The number of hydrogen-bond acceptors (Lipinski definition) is 5. The Hall–Kier alpha value is -2.09. The molecule has 164 valence electrons. The van der Waals surface area contributed by atoms with Gasteiger partial charge in [0.1, 0.15) is 0 Å². The number of rotatable bonds is 13. The van der Waals surface area contributed by atoms with Crippen molar-refractivity contribution >= 4 is 18.0 Å². The summed E-state index contributed by atoms with van der Waals surface area (Å²) in [4.78, 5) is 34.0. The highest BCUT2D eigenvalue weighted by atomic mass is 16.6. The van der Waals surface area contributed by atoms with Crippen LogP contribution in [0.1, 0.15) is 58.3 Å². The number of alkyl carbamates (subject to hydrolysis) is 1. The second-order valence-corrected chi connectivity index (χ2v) is 7.80. The standard InChI is InChI=1S/C21H34N2O6/c1-2-3-12-22-21(27)28-14-19(24)23-13-16-15(17-10-11-18(16)29-17)8-6-4-5-7-9-20(25)26/h7,9,15-18H,2-6,8,10-14H2,1H3,(H,22,27)(H,23,24)(H,25,26)/b9-7+/t15-,16+,17-,18+/m1/s1. The van der Waals surface area contributed by atoms with E-state index in [2.05, 4.69) is 10.6 Å². The van der Waals surface area contributed by atoms with E-state index < -0.39 is 12.1 Å². The molecule has 2 saturated heterocycles. The van der Waals surface area contributed by atoms with Crippen LogP contribution in [0.15, 0.2) is 12.2 Å². The van der Waals surface area contributed by atoms with Crippen LogP contribution in [0, 0.1) is 11.8 Å². The van der Waals surface area contributed by atoms with E-state index >= 15 is 0 Å². The van der Waals surface area contributed by atoms with Gasteiger partial charge in [-0.05, 0) is 44.4 Å². The molecule has 2 bridgehead atoms. The Morgan fingerprint density at radius 3 is 2.59 bits per heavy atom. The Kier molecular flexibility index (Phi) is 9.97. The molecule has 3 N–H and O–H groups in total. The van der Waals surface area contributed by atoms with Crippen LogP contribution in [0.4, 0.5) is 4.79 Å². The summed E-state index contributed by atoms with van der Waals surface area (Å²) in [6, 6.07) is 0. The number of allylic oxidation sites excluding steroid dienone is 1. The number of carboxylic acids is 1. The Morgan fingerprint density at radius 2 is 1.86 bits per heavy atom. The molecule has 2 rings (SSSR count). The molecular weight excluding hydrogens is 376 g/mol. The highest BCUT2D eigenvalue weighted by Crippen LogP contribution is 2.45. The van der Waals surface area contributed by atoms with E-state index in [1.807, 2.05) is 6.92 Å². The quantitative estimate of drug-likeness (QED) is 0.318. The summed E-state index contributed by atoms with van der Waals surface area (Å²) in [7, 11) is 0. The highest BCUT2D eigenvalue weighted by Gasteiger charge is 2.48. The van der Waals surface area contributed by atoms with Gasteiger partial charge >= 0.3 is 12.1 Å². The maximum absolute atomic E-state index is 12.0. The number of ether oxygens (including phenoxy) is 2. The van der Waals surface area contributed by atoms with E-state index in [9.17, 15) is 14.4 Å². The van der Waals surface area contributed by atoms with Gasteiger partial charge in [0, 0.05) is 25.1 Å². The Balaban J connectivity index is 1.66. The van der Waals surface area contributed by atoms with E-state index in [-0.39, 0.29) is 30.6 Å². The van der Waals surface area contributed by atoms with Gasteiger partial charge in [0.15, 0.2) is 6.61 Å². The zero-order valence-electron chi connectivity index (χ0n) is 17.2. The van der Waals surface area contributed by atoms with Crippen molar-refractivity contribution in [2.24, 2.45) is 11.8 Å². The van der Waals surface area contributed by atoms with Crippen molar-refractivity contribution in [3.05, 3.63) is 12.2 Å². The molecule has 0 aromatic heterocycles. The minimum absolute atomic E-state index is 0.190. The largest absolute Gasteiger partial charge is 0.478 e. The first kappa shape index (κ1) is 23.2. The number of nitrogens with one attached hydrogen (secondary N) is 2. The van der Waals surface area contributed by atoms with E-state index in [0.717, 1.165) is 51.4 Å². The lowest BCUT2D eigenvalue weighted by Crippen LogP contribution is -2.40. The van der Waals surface area contributed by atoms with E-state index in [0.29, 0.717) is 19.0 Å². The Bertz CT molecular complexity index is 580. The second kappa shape index (κ2) is 12.5. The number of carboxylic acid groups (broad SMARTS) is 1. The van der Waals surface area contributed by atoms with Gasteiger partial charge in [-0.25, -0.2) is 9.59 Å². The van der Waals surface area contributed by atoms with Crippen LogP contribution >= 0.6 is 0 Å². The summed E-state index contributed by atoms with van der Waals surface area (Å²) >= 11 is 0. The number of amides is 2. The van der Waals surface area contributed by atoms with E-state index in [4.69, 9.17) is 14.6 Å². The third-order valence-corrected chi connectivity index (χ3v) is 5.68. The minimum Gasteiger partial charge on any atom is -0.478 e. The molecule has 2 amide bonds. The molecule has 0 unspecified atom stereocenters. The molecule has 0 radical (unpaired) electrons. The van der Waals surface area contributed by atoms with Crippen LogP contribution in [0.25, 0.3) is 0 Å². The number of carbonyl (C=O) groups excluding carboxylic acids is 2. The van der Waals surface area contributed by atoms with Crippen LogP contribution in [0.3, 0.4) is 0 Å². The summed E-state index contributed by atoms with van der Waals surface area (Å²) in [6.07, 6.45) is 10.4. The Labute approximate surface area is 172 Å². The lowest BCUT2D eigenvalue weighted by Gasteiger charge is -2.28. The predicted molar refractivity (Wildman–Crippen MR) is 107 cm³/mol. The lowest BCUT2D eigenvalue weighted by molar-refractivity contribution is -0.131. The molecule has 0 aromatic carbocycles. The van der Waals surface area contributed by atoms with Gasteiger partial charge in [0.2, 0.25) is 0 Å². The zero-order chi connectivity index (χ0) is 21.1. The summed E-state index contributed by atoms with van der Waals surface area (Å²) in [5, 5.41) is 14.1. The fourth-order valence-electron chi connectivity index (χ4n) is 4.21. The van der Waals surface area contributed by atoms with Crippen molar-refractivity contribution < 1.29 is 29.0 Å². The van der Waals surface area contributed by atoms with Crippen LogP contribution in [0.2, 0.25) is 0 Å². The molecular formula is C21H34N2O6. The summed E-state index contributed by atoms with van der Waals surface area (Å²) in [5.41, 5.74) is 0. The zero-order valence-corrected chi connectivity index (χ0v) is 17.2. The molecule has 4 atom stereocenters. The van der Waals surface area contributed by atoms with Crippen LogP contribution in [-0.4, -0.2) is 55.0 Å². The van der Waals surface area contributed by atoms with Crippen LogP contribution in [-0.2, 0) is 19.1 Å². The molecule has 0 saturated carbocycles. The van der Waals surface area contributed by atoms with Crippen LogP contribution in [0.5, 0.6) is 0 Å². The summed E-state index contributed by atoms with van der Waals surface area (Å²) in [6.45, 7) is 2.83. The van der Waals surface area contributed by atoms with Crippen LogP contribution < -0.4 is 10.6 Å². The van der Waals surface area contributed by atoms with Gasteiger partial charge in [-0.3, -0.25) is 4.79 Å². The molecule has 2 heterocycles. The lowest BCUT2D eigenvalue weighted by atomic mass is 9.76. The number of aliphatic carboxylic acids is 1. The first-order chi connectivity index (χ1) is 14.0. The molecule has 2 fully saturated rings. The monoisotopic (exact) mass is 410 g/mol. The number of fused-ring (bicyclic) bond motifs is 2. The summed E-state index contributed by atoms with van der Waals surface area (Å²) < 4.78 is 11.0. The normalized spacial score (nSPS) is 25.3. The molecule has 0 spiro atoms. The topological polar surface area (TPSA) is 114 Å². The number of carbonyl (C=O) groups is 3. The third-order valence-electron chi connectivity index (χ3n) is 5.68. The van der Waals surface area contributed by atoms with Gasteiger partial charge in [-0.1, -0.05) is 25.8 Å². The van der Waals surface area contributed by atoms with E-state index in [1.165, 1.54) is 6.08 Å². The van der Waals surface area contributed by atoms with Crippen molar-refractivity contribution in [2.75, 3.05) is 19.7 Å². The van der Waals surface area contributed by atoms with Gasteiger partial charge in [-0.2, -0.15) is 0 Å². The third kappa shape index (κ3) is 8.04. The minimum atomic E-state index is -0.912. The summed E-state index contributed by atoms with van der Waals surface area (Å²) in [5.74, 6) is -0.512. The molecule has 8 nitrogen and oxygen atoms in total. The van der Waals surface area contributed by atoms with Crippen molar-refractivity contribution in [2.45, 2.75) is 70.5 Å². The first-order valence-electron chi connectivity index (χ1n) is 10.7. The molecule has 0 aliphatic carbocycles. The number of hydrogen-bond donors (Lipinski definition) is 3. The predicted octanol–water partition coefficient (Wildman–Crippen LogP) is 2.62. The Morgan fingerprint density at radius 1 is 1.10 bits per heavy atom. The second-order valence-electron chi connectivity index (χ2n) is 7.80. The van der Waals surface area contributed by atoms with Crippen molar-refractivity contribution in [1.29, 1.82) is 0 Å². The average Bonchev–Trinajstić information content (AvgIpc) is 3.29. The average molecular weight is 411 g/mol. The SMILES string of the molecule is CCCCNC(=O)OCC(=O)NC[C@H]1[C@@H](CCCC/C=C/C(=O)O)[C@H]2CC[C@@H]1O2. The van der Waals surface area contributed by atoms with Crippen molar-refractivity contribution in [3.8, 4) is 0 Å². The fraction of sp³-hybridized carbons (Fsp3) is 0.762. The first-order valence-corrected chi connectivity index (χ1v) is 10.7. The molecule has 2 aliphatic heterocycles. The van der Waals surface area contributed by atoms with Gasteiger partial charge in [0.25, 0.3) is 5.91 Å². The molecule has 29 heavy (non-hydrogen) atoms.